The third-order valence-electron chi connectivity index (χ3n) is 1.84. The predicted octanol–water partition coefficient (Wildman–Crippen LogP) is 2.51. The van der Waals surface area contributed by atoms with Gasteiger partial charge in [-0.25, -0.2) is 0 Å². The lowest BCUT2D eigenvalue weighted by Gasteiger charge is -1.92. The maximum atomic E-state index is 10.6. The van der Waals surface area contributed by atoms with Crippen LogP contribution in [0.25, 0.3) is 10.1 Å². The van der Waals surface area contributed by atoms with Crippen LogP contribution in [0.15, 0.2) is 17.6 Å². The number of hydrogen-bond acceptors (Lipinski definition) is 4. The van der Waals surface area contributed by atoms with Gasteiger partial charge in [-0.2, -0.15) is 0 Å². The molecule has 0 saturated heterocycles. The molecule has 13 heavy (non-hydrogen) atoms. The molecule has 0 N–H and O–H groups in total. The second kappa shape index (κ2) is 2.77. The highest BCUT2D eigenvalue weighted by Crippen LogP contribution is 2.32. The number of hydrogen-bond donors (Lipinski definition) is 0. The zero-order chi connectivity index (χ0) is 9.42. The minimum absolute atomic E-state index is 0.172. The fourth-order valence-electron chi connectivity index (χ4n) is 1.22. The van der Waals surface area contributed by atoms with Gasteiger partial charge in [-0.15, -0.1) is 11.3 Å². The van der Waals surface area contributed by atoms with E-state index in [1.807, 2.05) is 6.92 Å². The van der Waals surface area contributed by atoms with Crippen LogP contribution < -0.4 is 0 Å². The molecule has 0 fully saturated rings. The second-order valence-electron chi connectivity index (χ2n) is 2.65. The normalized spacial score (nSPS) is 10.5. The van der Waals surface area contributed by atoms with E-state index in [0.717, 1.165) is 10.4 Å². The van der Waals surface area contributed by atoms with Crippen molar-refractivity contribution >= 4 is 27.1 Å². The van der Waals surface area contributed by atoms with Gasteiger partial charge in [-0.05, 0) is 13.0 Å². The highest BCUT2D eigenvalue weighted by atomic mass is 32.1. The Morgan fingerprint density at radius 3 is 3.08 bits per heavy atom. The monoisotopic (exact) mass is 194 g/mol. The molecular formula is C8H6N2O2S. The fraction of sp³-hybridized carbons (Fsp3) is 0.125. The zero-order valence-corrected chi connectivity index (χ0v) is 7.67. The molecule has 0 unspecified atom stereocenters. The van der Waals surface area contributed by atoms with E-state index in [0.29, 0.717) is 5.39 Å². The number of nitrogens with zero attached hydrogens (tertiary/aromatic N) is 2. The highest BCUT2D eigenvalue weighted by molar-refractivity contribution is 7.17. The van der Waals surface area contributed by atoms with E-state index in [2.05, 4.69) is 4.98 Å². The number of aromatic nitrogens is 1. The molecule has 2 aromatic heterocycles. The van der Waals surface area contributed by atoms with Gasteiger partial charge in [0.15, 0.2) is 0 Å². The smallest absolute Gasteiger partial charge is 0.260 e. The van der Waals surface area contributed by atoms with Crippen molar-refractivity contribution in [2.24, 2.45) is 0 Å². The number of thiophene rings is 1. The van der Waals surface area contributed by atoms with Crippen LogP contribution in [0.4, 0.5) is 5.69 Å². The Hall–Kier alpha value is -1.49. The molecule has 0 aliphatic heterocycles. The van der Waals surface area contributed by atoms with Crippen LogP contribution in [0.1, 0.15) is 5.69 Å². The average molecular weight is 194 g/mol. The number of pyridine rings is 1. The third-order valence-corrected chi connectivity index (χ3v) is 2.94. The van der Waals surface area contributed by atoms with Gasteiger partial charge in [0, 0.05) is 6.20 Å². The van der Waals surface area contributed by atoms with Gasteiger partial charge in [0.1, 0.15) is 0 Å². The molecule has 0 spiro atoms. The molecule has 0 aliphatic rings. The summed E-state index contributed by atoms with van der Waals surface area (Å²) in [5, 5.41) is 12.8. The van der Waals surface area contributed by atoms with Crippen molar-refractivity contribution in [1.82, 2.24) is 4.98 Å². The first-order valence-corrected chi connectivity index (χ1v) is 4.55. The minimum Gasteiger partial charge on any atom is -0.260 e. The average Bonchev–Trinajstić information content (AvgIpc) is 2.48. The summed E-state index contributed by atoms with van der Waals surface area (Å²) in [5.41, 5.74) is 1.01. The van der Waals surface area contributed by atoms with Gasteiger partial charge in [-0.1, -0.05) is 0 Å². The van der Waals surface area contributed by atoms with Gasteiger partial charge in [-0.3, -0.25) is 15.1 Å². The summed E-state index contributed by atoms with van der Waals surface area (Å²) in [4.78, 5) is 14.3. The van der Waals surface area contributed by atoms with Crippen molar-refractivity contribution in [3.63, 3.8) is 0 Å². The molecule has 4 nitrogen and oxygen atoms in total. The van der Waals surface area contributed by atoms with Crippen LogP contribution in [0, 0.1) is 17.0 Å². The molecule has 66 valence electrons. The summed E-state index contributed by atoms with van der Waals surface area (Å²) in [7, 11) is 0. The molecule has 0 amide bonds. The van der Waals surface area contributed by atoms with Crippen LogP contribution in [0.5, 0.6) is 0 Å². The lowest BCUT2D eigenvalue weighted by molar-refractivity contribution is -0.382. The standard InChI is InChI=1S/C8H6N2O2S/c1-5-8-6(2-3-9-5)7(4-13-8)10(11)12/h2-4H,1H3. The second-order valence-corrected chi connectivity index (χ2v) is 3.53. The fourth-order valence-corrected chi connectivity index (χ4v) is 2.19. The van der Waals surface area contributed by atoms with E-state index < -0.39 is 0 Å². The van der Waals surface area contributed by atoms with Gasteiger partial charge in [0.05, 0.1) is 26.1 Å². The Balaban J connectivity index is 2.83. The number of nitro groups is 1. The maximum Gasteiger partial charge on any atom is 0.287 e. The van der Waals surface area contributed by atoms with E-state index in [4.69, 9.17) is 0 Å². The van der Waals surface area contributed by atoms with E-state index in [1.165, 1.54) is 11.3 Å². The predicted molar refractivity (Wildman–Crippen MR) is 51.0 cm³/mol. The molecule has 0 bridgehead atoms. The Kier molecular flexibility index (Phi) is 1.73. The lowest BCUT2D eigenvalue weighted by atomic mass is 10.2. The summed E-state index contributed by atoms with van der Waals surface area (Å²) in [6.45, 7) is 1.85. The van der Waals surface area contributed by atoms with Crippen molar-refractivity contribution in [2.45, 2.75) is 6.92 Å². The maximum absolute atomic E-state index is 10.6. The summed E-state index contributed by atoms with van der Waals surface area (Å²) < 4.78 is 0.897. The Morgan fingerprint density at radius 2 is 2.38 bits per heavy atom. The van der Waals surface area contributed by atoms with Gasteiger partial charge < -0.3 is 0 Å². The topological polar surface area (TPSA) is 56.0 Å². The molecule has 0 aromatic carbocycles. The molecule has 2 heterocycles. The number of rotatable bonds is 1. The number of aryl methyl sites for hydroxylation is 1. The molecule has 0 saturated carbocycles. The van der Waals surface area contributed by atoms with Gasteiger partial charge in [0.25, 0.3) is 5.69 Å². The van der Waals surface area contributed by atoms with Crippen molar-refractivity contribution in [3.8, 4) is 0 Å². The minimum atomic E-state index is -0.363. The van der Waals surface area contributed by atoms with Crippen molar-refractivity contribution in [3.05, 3.63) is 33.5 Å². The van der Waals surface area contributed by atoms with Crippen LogP contribution >= 0.6 is 11.3 Å². The van der Waals surface area contributed by atoms with Crippen LogP contribution in [0.3, 0.4) is 0 Å². The van der Waals surface area contributed by atoms with E-state index >= 15 is 0 Å². The zero-order valence-electron chi connectivity index (χ0n) is 6.85. The summed E-state index contributed by atoms with van der Waals surface area (Å²) >= 11 is 1.36. The van der Waals surface area contributed by atoms with E-state index in [-0.39, 0.29) is 10.6 Å². The highest BCUT2D eigenvalue weighted by Gasteiger charge is 2.14. The van der Waals surface area contributed by atoms with E-state index in [9.17, 15) is 10.1 Å². The first-order chi connectivity index (χ1) is 6.20. The number of fused-ring (bicyclic) bond motifs is 1. The van der Waals surface area contributed by atoms with Crippen LogP contribution in [-0.4, -0.2) is 9.91 Å². The molecule has 0 aliphatic carbocycles. The van der Waals surface area contributed by atoms with Crippen molar-refractivity contribution < 1.29 is 4.92 Å². The molecule has 0 atom stereocenters. The summed E-state index contributed by atoms with van der Waals surface area (Å²) in [6.07, 6.45) is 1.59. The van der Waals surface area contributed by atoms with E-state index in [1.54, 1.807) is 17.6 Å². The van der Waals surface area contributed by atoms with Gasteiger partial charge in [0.2, 0.25) is 0 Å². The molecule has 0 radical (unpaired) electrons. The summed E-state index contributed by atoms with van der Waals surface area (Å²) in [6, 6.07) is 1.68. The largest absolute Gasteiger partial charge is 0.287 e. The lowest BCUT2D eigenvalue weighted by Crippen LogP contribution is -1.85. The van der Waals surface area contributed by atoms with Crippen LogP contribution in [0.2, 0.25) is 0 Å². The quantitative estimate of drug-likeness (QED) is 0.517. The molecule has 2 aromatic rings. The Labute approximate surface area is 78.0 Å². The Morgan fingerprint density at radius 1 is 1.62 bits per heavy atom. The molecule has 2 rings (SSSR count). The first kappa shape index (κ1) is 8.12. The third kappa shape index (κ3) is 1.17. The Bertz CT molecular complexity index is 478. The summed E-state index contributed by atoms with van der Waals surface area (Å²) in [5.74, 6) is 0. The van der Waals surface area contributed by atoms with Crippen LogP contribution in [-0.2, 0) is 0 Å². The van der Waals surface area contributed by atoms with Crippen molar-refractivity contribution in [1.29, 1.82) is 0 Å². The van der Waals surface area contributed by atoms with Crippen molar-refractivity contribution in [2.75, 3.05) is 0 Å². The SMILES string of the molecule is Cc1nccc2c([N+](=O)[O-])csc12. The first-order valence-electron chi connectivity index (χ1n) is 3.67. The molecular weight excluding hydrogens is 188 g/mol. The van der Waals surface area contributed by atoms with Gasteiger partial charge >= 0.3 is 0 Å². The molecule has 5 heteroatoms.